The number of hydrogen-bond donors (Lipinski definition) is 3. The minimum atomic E-state index is -0.527. The maximum Gasteiger partial charge on any atom is 0.291 e. The minimum absolute atomic E-state index is 0.00357. The maximum absolute atomic E-state index is 12.4. The third-order valence-corrected chi connectivity index (χ3v) is 4.62. The highest BCUT2D eigenvalue weighted by atomic mass is 35.5. The van der Waals surface area contributed by atoms with Crippen LogP contribution in [0.4, 0.5) is 11.4 Å². The monoisotopic (exact) mass is 463 g/mol. The molecule has 3 aromatic rings. The van der Waals surface area contributed by atoms with Gasteiger partial charge in [-0.05, 0) is 60.7 Å². The largest absolute Gasteiger partial charge is 0.495 e. The van der Waals surface area contributed by atoms with Gasteiger partial charge in [0.1, 0.15) is 5.75 Å². The molecule has 0 saturated heterocycles. The van der Waals surface area contributed by atoms with Crippen LogP contribution in [-0.4, -0.2) is 24.0 Å². The molecule has 0 atom stereocenters. The van der Waals surface area contributed by atoms with Crippen molar-refractivity contribution in [3.8, 4) is 5.75 Å². The van der Waals surface area contributed by atoms with Gasteiger partial charge in [0, 0.05) is 10.7 Å². The van der Waals surface area contributed by atoms with Gasteiger partial charge in [0.05, 0.1) is 29.6 Å². The Morgan fingerprint density at radius 3 is 2.53 bits per heavy atom. The van der Waals surface area contributed by atoms with Crippen LogP contribution in [-0.2, 0) is 0 Å². The van der Waals surface area contributed by atoms with E-state index < -0.39 is 11.8 Å². The molecule has 2 aromatic carbocycles. The second-order valence-electron chi connectivity index (χ2n) is 5.88. The summed E-state index contributed by atoms with van der Waals surface area (Å²) in [4.78, 5) is 24.6. The van der Waals surface area contributed by atoms with Crippen molar-refractivity contribution < 1.29 is 18.7 Å². The van der Waals surface area contributed by atoms with Gasteiger partial charge in [0.25, 0.3) is 11.8 Å². The summed E-state index contributed by atoms with van der Waals surface area (Å²) in [6.07, 6.45) is 1.41. The Balaban J connectivity index is 1.72. The number of hydrogen-bond acceptors (Lipinski definition) is 5. The zero-order chi connectivity index (χ0) is 21.7. The van der Waals surface area contributed by atoms with Gasteiger partial charge in [0.2, 0.25) is 0 Å². The first-order chi connectivity index (χ1) is 14.4. The Labute approximate surface area is 187 Å². The van der Waals surface area contributed by atoms with Crippen LogP contribution >= 0.6 is 35.4 Å². The zero-order valence-electron chi connectivity index (χ0n) is 15.5. The van der Waals surface area contributed by atoms with E-state index in [-0.39, 0.29) is 21.5 Å². The quantitative estimate of drug-likeness (QED) is 0.462. The summed E-state index contributed by atoms with van der Waals surface area (Å²) in [5.74, 6) is -0.325. The van der Waals surface area contributed by atoms with Crippen molar-refractivity contribution in [3.63, 3.8) is 0 Å². The number of nitrogens with one attached hydrogen (secondary N) is 3. The topological polar surface area (TPSA) is 92.6 Å². The summed E-state index contributed by atoms with van der Waals surface area (Å²) in [6, 6.07) is 12.6. The molecule has 1 heterocycles. The molecule has 154 valence electrons. The van der Waals surface area contributed by atoms with Crippen LogP contribution < -0.4 is 20.7 Å². The number of ether oxygens (including phenoxy) is 1. The fourth-order valence-electron chi connectivity index (χ4n) is 2.48. The average molecular weight is 464 g/mol. The van der Waals surface area contributed by atoms with Crippen molar-refractivity contribution >= 4 is 63.7 Å². The lowest BCUT2D eigenvalue weighted by molar-refractivity contribution is 0.0975. The Kier molecular flexibility index (Phi) is 6.94. The normalized spacial score (nSPS) is 10.2. The molecule has 0 fully saturated rings. The molecular weight excluding hydrogens is 449 g/mol. The van der Waals surface area contributed by atoms with E-state index in [4.69, 9.17) is 44.6 Å². The molecule has 0 aliphatic rings. The Bertz CT molecular complexity index is 1100. The third-order valence-electron chi connectivity index (χ3n) is 3.85. The summed E-state index contributed by atoms with van der Waals surface area (Å²) < 4.78 is 10.4. The number of furan rings is 1. The lowest BCUT2D eigenvalue weighted by atomic mass is 10.2. The minimum Gasteiger partial charge on any atom is -0.495 e. The van der Waals surface area contributed by atoms with E-state index in [0.29, 0.717) is 22.1 Å². The van der Waals surface area contributed by atoms with Gasteiger partial charge >= 0.3 is 0 Å². The number of anilines is 2. The summed E-state index contributed by atoms with van der Waals surface area (Å²) in [5, 5.41) is 8.70. The molecule has 7 nitrogen and oxygen atoms in total. The van der Waals surface area contributed by atoms with E-state index in [0.717, 1.165) is 0 Å². The van der Waals surface area contributed by atoms with Gasteiger partial charge in [-0.1, -0.05) is 23.2 Å². The molecule has 10 heteroatoms. The number of amides is 2. The molecule has 1 aromatic heterocycles. The van der Waals surface area contributed by atoms with E-state index in [9.17, 15) is 9.59 Å². The summed E-state index contributed by atoms with van der Waals surface area (Å²) >= 11 is 17.2. The van der Waals surface area contributed by atoms with Crippen molar-refractivity contribution in [1.82, 2.24) is 5.32 Å². The predicted octanol–water partition coefficient (Wildman–Crippen LogP) is 4.97. The first-order valence-corrected chi connectivity index (χ1v) is 9.64. The van der Waals surface area contributed by atoms with Gasteiger partial charge < -0.3 is 19.8 Å². The lowest BCUT2D eigenvalue weighted by Gasteiger charge is -2.15. The summed E-state index contributed by atoms with van der Waals surface area (Å²) in [6.45, 7) is 0. The van der Waals surface area contributed by atoms with Crippen LogP contribution in [0.2, 0.25) is 10.0 Å². The fourth-order valence-corrected chi connectivity index (χ4v) is 3.06. The number of benzene rings is 2. The number of thiocarbonyl (C=S) groups is 1. The van der Waals surface area contributed by atoms with Crippen molar-refractivity contribution in [2.24, 2.45) is 0 Å². The maximum atomic E-state index is 12.4. The molecule has 0 unspecified atom stereocenters. The number of halogens is 2. The molecule has 0 spiro atoms. The Morgan fingerprint density at radius 1 is 1.03 bits per heavy atom. The molecule has 0 radical (unpaired) electrons. The first kappa shape index (κ1) is 21.6. The number of carbonyl (C=O) groups is 2. The molecule has 30 heavy (non-hydrogen) atoms. The highest BCUT2D eigenvalue weighted by Crippen LogP contribution is 2.28. The van der Waals surface area contributed by atoms with Gasteiger partial charge in [-0.25, -0.2) is 0 Å². The van der Waals surface area contributed by atoms with Crippen LogP contribution in [0, 0.1) is 0 Å². The second kappa shape index (κ2) is 9.62. The van der Waals surface area contributed by atoms with Crippen LogP contribution in [0.25, 0.3) is 0 Å². The van der Waals surface area contributed by atoms with Crippen LogP contribution in [0.3, 0.4) is 0 Å². The highest BCUT2D eigenvalue weighted by Gasteiger charge is 2.15. The average Bonchev–Trinajstić information content (AvgIpc) is 3.25. The van der Waals surface area contributed by atoms with E-state index in [2.05, 4.69) is 16.0 Å². The van der Waals surface area contributed by atoms with Gasteiger partial charge in [-0.3, -0.25) is 14.9 Å². The second-order valence-corrected chi connectivity index (χ2v) is 7.13. The highest BCUT2D eigenvalue weighted by molar-refractivity contribution is 7.80. The number of methoxy groups -OCH3 is 1. The molecule has 3 N–H and O–H groups in total. The summed E-state index contributed by atoms with van der Waals surface area (Å²) in [7, 11) is 1.48. The summed E-state index contributed by atoms with van der Waals surface area (Å²) in [5.41, 5.74) is 1.07. The molecule has 0 aliphatic heterocycles. The van der Waals surface area contributed by atoms with Crippen molar-refractivity contribution in [1.29, 1.82) is 0 Å². The van der Waals surface area contributed by atoms with Gasteiger partial charge in [-0.2, -0.15) is 0 Å². The van der Waals surface area contributed by atoms with E-state index >= 15 is 0 Å². The molecule has 2 amide bonds. The van der Waals surface area contributed by atoms with E-state index in [1.54, 1.807) is 36.4 Å². The molecule has 0 aliphatic carbocycles. The van der Waals surface area contributed by atoms with Crippen molar-refractivity contribution in [2.75, 3.05) is 17.7 Å². The Hall–Kier alpha value is -3.07. The van der Waals surface area contributed by atoms with E-state index in [1.165, 1.54) is 25.5 Å². The fraction of sp³-hybridized carbons (Fsp3) is 0.0500. The first-order valence-electron chi connectivity index (χ1n) is 8.47. The molecular formula is C20H15Cl2N3O4S. The van der Waals surface area contributed by atoms with Crippen LogP contribution in [0.5, 0.6) is 5.75 Å². The van der Waals surface area contributed by atoms with E-state index in [1.807, 2.05) is 0 Å². The van der Waals surface area contributed by atoms with Gasteiger partial charge in [-0.15, -0.1) is 0 Å². The molecule has 0 bridgehead atoms. The molecule has 3 rings (SSSR count). The molecule has 0 saturated carbocycles. The van der Waals surface area contributed by atoms with Crippen molar-refractivity contribution in [3.05, 3.63) is 76.2 Å². The van der Waals surface area contributed by atoms with Crippen LogP contribution in [0.15, 0.2) is 59.2 Å². The Morgan fingerprint density at radius 2 is 1.83 bits per heavy atom. The van der Waals surface area contributed by atoms with Crippen molar-refractivity contribution in [2.45, 2.75) is 0 Å². The van der Waals surface area contributed by atoms with Crippen LogP contribution in [0.1, 0.15) is 20.9 Å². The zero-order valence-corrected chi connectivity index (χ0v) is 17.8. The SMILES string of the molecule is COc1ccc(NC(=O)c2ccco2)cc1NC(=S)NC(=O)c1cc(Cl)ccc1Cl. The smallest absolute Gasteiger partial charge is 0.291 e. The third kappa shape index (κ3) is 5.29. The standard InChI is InChI=1S/C20H15Cl2N3O4S/c1-28-16-7-5-12(23-19(27)17-3-2-8-29-17)10-15(16)24-20(30)25-18(26)13-9-11(21)4-6-14(13)22/h2-10H,1H3,(H,23,27)(H2,24,25,26,30). The lowest BCUT2D eigenvalue weighted by Crippen LogP contribution is -2.34. The predicted molar refractivity (Wildman–Crippen MR) is 120 cm³/mol. The van der Waals surface area contributed by atoms with Gasteiger partial charge in [0.15, 0.2) is 10.9 Å². The number of carbonyl (C=O) groups excluding carboxylic acids is 2. The number of rotatable bonds is 5.